The van der Waals surface area contributed by atoms with Crippen LogP contribution in [0.2, 0.25) is 10.0 Å². The summed E-state index contributed by atoms with van der Waals surface area (Å²) in [4.78, 5) is 12.2. The molecule has 1 amide bonds. The minimum Gasteiger partial charge on any atom is -0.320 e. The van der Waals surface area contributed by atoms with Crippen molar-refractivity contribution in [3.63, 3.8) is 0 Å². The van der Waals surface area contributed by atoms with Crippen LogP contribution in [0.15, 0.2) is 48.0 Å². The maximum absolute atomic E-state index is 12.2. The normalized spacial score (nSPS) is 10.5. The Labute approximate surface area is 143 Å². The molecule has 0 aliphatic heterocycles. The molecule has 0 saturated heterocycles. The van der Waals surface area contributed by atoms with E-state index in [1.807, 2.05) is 12.1 Å². The van der Waals surface area contributed by atoms with Crippen molar-refractivity contribution in [1.29, 1.82) is 10.5 Å². The van der Waals surface area contributed by atoms with Gasteiger partial charge >= 0.3 is 0 Å². The molecule has 0 saturated carbocycles. The van der Waals surface area contributed by atoms with E-state index in [1.54, 1.807) is 42.5 Å². The van der Waals surface area contributed by atoms with Crippen LogP contribution in [0.1, 0.15) is 11.1 Å². The molecule has 2 aromatic rings. The molecule has 0 fully saturated rings. The summed E-state index contributed by atoms with van der Waals surface area (Å²) in [5, 5.41) is 21.0. The molecule has 0 heterocycles. The number of rotatable bonds is 3. The van der Waals surface area contributed by atoms with E-state index in [-0.39, 0.29) is 10.6 Å². The average molecular weight is 342 g/mol. The van der Waals surface area contributed by atoms with Crippen molar-refractivity contribution in [2.45, 2.75) is 0 Å². The number of carbonyl (C=O) groups excluding carboxylic acids is 1. The van der Waals surface area contributed by atoms with Gasteiger partial charge in [0.1, 0.15) is 11.6 Å². The maximum Gasteiger partial charge on any atom is 0.266 e. The topological polar surface area (TPSA) is 76.7 Å². The van der Waals surface area contributed by atoms with Crippen molar-refractivity contribution in [2.24, 2.45) is 0 Å². The first-order chi connectivity index (χ1) is 11.0. The number of nitrogens with one attached hydrogen (secondary N) is 1. The Morgan fingerprint density at radius 2 is 1.78 bits per heavy atom. The predicted octanol–water partition coefficient (Wildman–Crippen LogP) is 4.41. The number of hydrogen-bond acceptors (Lipinski definition) is 3. The average Bonchev–Trinajstić information content (AvgIpc) is 2.57. The second kappa shape index (κ2) is 7.47. The van der Waals surface area contributed by atoms with Crippen LogP contribution in [0.4, 0.5) is 5.69 Å². The van der Waals surface area contributed by atoms with Gasteiger partial charge in [-0.1, -0.05) is 41.4 Å². The van der Waals surface area contributed by atoms with Gasteiger partial charge in [-0.25, -0.2) is 0 Å². The summed E-state index contributed by atoms with van der Waals surface area (Å²) in [6.45, 7) is 0. The van der Waals surface area contributed by atoms with E-state index in [4.69, 9.17) is 33.7 Å². The molecule has 1 N–H and O–H groups in total. The zero-order valence-electron chi connectivity index (χ0n) is 11.7. The first-order valence-corrected chi connectivity index (χ1v) is 7.18. The maximum atomic E-state index is 12.2. The van der Waals surface area contributed by atoms with Gasteiger partial charge in [0.15, 0.2) is 0 Å². The SMILES string of the molecule is N#CC(=Cc1ccc(C#N)cc1)C(=O)Nc1cccc(Cl)c1Cl. The molecule has 6 heteroatoms. The highest BCUT2D eigenvalue weighted by Crippen LogP contribution is 2.29. The highest BCUT2D eigenvalue weighted by molar-refractivity contribution is 6.44. The zero-order valence-corrected chi connectivity index (χ0v) is 13.2. The van der Waals surface area contributed by atoms with E-state index in [2.05, 4.69) is 5.32 Å². The van der Waals surface area contributed by atoms with Crippen LogP contribution in [0.3, 0.4) is 0 Å². The van der Waals surface area contributed by atoms with Crippen LogP contribution in [0.5, 0.6) is 0 Å². The minimum absolute atomic E-state index is 0.0919. The lowest BCUT2D eigenvalue weighted by atomic mass is 10.1. The van der Waals surface area contributed by atoms with Gasteiger partial charge in [0.25, 0.3) is 5.91 Å². The number of benzene rings is 2. The molecule has 2 rings (SSSR count). The van der Waals surface area contributed by atoms with Crippen molar-refractivity contribution >= 4 is 40.9 Å². The van der Waals surface area contributed by atoms with E-state index < -0.39 is 5.91 Å². The third-order valence-electron chi connectivity index (χ3n) is 2.92. The minimum atomic E-state index is -0.596. The monoisotopic (exact) mass is 341 g/mol. The number of anilines is 1. The second-order valence-corrected chi connectivity index (χ2v) is 5.24. The molecule has 0 aliphatic rings. The lowest BCUT2D eigenvalue weighted by molar-refractivity contribution is -0.112. The van der Waals surface area contributed by atoms with Crippen molar-refractivity contribution in [1.82, 2.24) is 0 Å². The van der Waals surface area contributed by atoms with E-state index >= 15 is 0 Å². The number of halogens is 2. The number of hydrogen-bond donors (Lipinski definition) is 1. The summed E-state index contributed by atoms with van der Waals surface area (Å²) in [7, 11) is 0. The molecule has 0 aliphatic carbocycles. The number of amides is 1. The summed E-state index contributed by atoms with van der Waals surface area (Å²) in [6.07, 6.45) is 1.43. The van der Waals surface area contributed by atoms with Crippen LogP contribution in [0, 0.1) is 22.7 Å². The Balaban J connectivity index is 2.24. The summed E-state index contributed by atoms with van der Waals surface area (Å²) < 4.78 is 0. The van der Waals surface area contributed by atoms with Crippen molar-refractivity contribution in [3.8, 4) is 12.1 Å². The number of carbonyl (C=O) groups is 1. The molecular formula is C17H9Cl2N3O. The fourth-order valence-corrected chi connectivity index (χ4v) is 2.11. The quantitative estimate of drug-likeness (QED) is 0.663. The zero-order chi connectivity index (χ0) is 16.8. The van der Waals surface area contributed by atoms with Gasteiger partial charge in [-0.2, -0.15) is 10.5 Å². The Kier molecular flexibility index (Phi) is 5.38. The standard InChI is InChI=1S/C17H9Cl2N3O/c18-14-2-1-3-15(16(14)19)22-17(23)13(10-21)8-11-4-6-12(9-20)7-5-11/h1-8H,(H,22,23). The molecule has 112 valence electrons. The lowest BCUT2D eigenvalue weighted by Gasteiger charge is -2.07. The van der Waals surface area contributed by atoms with Crippen molar-refractivity contribution < 1.29 is 4.79 Å². The highest BCUT2D eigenvalue weighted by Gasteiger charge is 2.12. The fraction of sp³-hybridized carbons (Fsp3) is 0. The van der Waals surface area contributed by atoms with Crippen molar-refractivity contribution in [3.05, 3.63) is 69.2 Å². The molecule has 2 aromatic carbocycles. The van der Waals surface area contributed by atoms with Gasteiger partial charge in [-0.15, -0.1) is 0 Å². The van der Waals surface area contributed by atoms with Gasteiger partial charge < -0.3 is 5.32 Å². The van der Waals surface area contributed by atoms with Crippen LogP contribution < -0.4 is 5.32 Å². The van der Waals surface area contributed by atoms with Gasteiger partial charge in [0.05, 0.1) is 27.4 Å². The predicted molar refractivity (Wildman–Crippen MR) is 89.8 cm³/mol. The van der Waals surface area contributed by atoms with E-state index in [1.165, 1.54) is 6.08 Å². The number of nitrogens with zero attached hydrogens (tertiary/aromatic N) is 2. The summed E-state index contributed by atoms with van der Waals surface area (Å²) in [5.41, 5.74) is 1.36. The molecular weight excluding hydrogens is 333 g/mol. The second-order valence-electron chi connectivity index (χ2n) is 4.46. The molecule has 0 atom stereocenters. The third-order valence-corrected chi connectivity index (χ3v) is 3.73. The number of nitriles is 2. The first-order valence-electron chi connectivity index (χ1n) is 6.42. The molecule has 0 unspecified atom stereocenters. The van der Waals surface area contributed by atoms with E-state index in [0.717, 1.165) is 0 Å². The van der Waals surface area contributed by atoms with Crippen LogP contribution in [0.25, 0.3) is 6.08 Å². The molecule has 0 spiro atoms. The van der Waals surface area contributed by atoms with Gasteiger partial charge in [0.2, 0.25) is 0 Å². The Bertz CT molecular complexity index is 859. The first kappa shape index (κ1) is 16.6. The van der Waals surface area contributed by atoms with Gasteiger partial charge in [-0.05, 0) is 35.9 Å². The Morgan fingerprint density at radius 3 is 2.39 bits per heavy atom. The molecule has 0 radical (unpaired) electrons. The molecule has 4 nitrogen and oxygen atoms in total. The highest BCUT2D eigenvalue weighted by atomic mass is 35.5. The molecule has 0 aromatic heterocycles. The van der Waals surface area contributed by atoms with E-state index in [0.29, 0.717) is 21.8 Å². The Hall–Kier alpha value is -2.79. The van der Waals surface area contributed by atoms with E-state index in [9.17, 15) is 4.79 Å². The summed E-state index contributed by atoms with van der Waals surface area (Å²) in [5.74, 6) is -0.596. The largest absolute Gasteiger partial charge is 0.320 e. The molecule has 23 heavy (non-hydrogen) atoms. The van der Waals surface area contributed by atoms with Crippen LogP contribution in [-0.2, 0) is 4.79 Å². The van der Waals surface area contributed by atoms with Crippen molar-refractivity contribution in [2.75, 3.05) is 5.32 Å². The van der Waals surface area contributed by atoms with Gasteiger partial charge in [-0.3, -0.25) is 4.79 Å². The third kappa shape index (κ3) is 4.11. The summed E-state index contributed by atoms with van der Waals surface area (Å²) >= 11 is 11.9. The van der Waals surface area contributed by atoms with Crippen LogP contribution in [-0.4, -0.2) is 5.91 Å². The van der Waals surface area contributed by atoms with Crippen LogP contribution >= 0.6 is 23.2 Å². The summed E-state index contributed by atoms with van der Waals surface area (Å²) in [6, 6.07) is 15.2. The lowest BCUT2D eigenvalue weighted by Crippen LogP contribution is -2.13. The Morgan fingerprint density at radius 1 is 1.09 bits per heavy atom. The fourth-order valence-electron chi connectivity index (χ4n) is 1.76. The van der Waals surface area contributed by atoms with Gasteiger partial charge in [0, 0.05) is 0 Å². The molecule has 0 bridgehead atoms. The smallest absolute Gasteiger partial charge is 0.266 e.